The van der Waals surface area contributed by atoms with E-state index in [0.29, 0.717) is 17.2 Å². The second-order valence-corrected chi connectivity index (χ2v) is 6.42. The lowest BCUT2D eigenvalue weighted by atomic mass is 10.0. The van der Waals surface area contributed by atoms with E-state index >= 15 is 0 Å². The van der Waals surface area contributed by atoms with Crippen molar-refractivity contribution >= 4 is 11.8 Å². The third-order valence-corrected chi connectivity index (χ3v) is 4.53. The summed E-state index contributed by atoms with van der Waals surface area (Å²) in [6.45, 7) is 2.40. The molecule has 3 N–H and O–H groups in total. The highest BCUT2D eigenvalue weighted by molar-refractivity contribution is 5.93. The van der Waals surface area contributed by atoms with Crippen LogP contribution in [0.2, 0.25) is 0 Å². The highest BCUT2D eigenvalue weighted by atomic mass is 16.5. The molecule has 130 valence electrons. The van der Waals surface area contributed by atoms with Crippen molar-refractivity contribution in [2.24, 2.45) is 11.7 Å². The fraction of sp³-hybridized carbons (Fsp3) is 0.300. The van der Waals surface area contributed by atoms with Crippen molar-refractivity contribution in [1.29, 1.82) is 0 Å². The molecule has 25 heavy (non-hydrogen) atoms. The van der Waals surface area contributed by atoms with Crippen LogP contribution in [0, 0.1) is 5.92 Å². The van der Waals surface area contributed by atoms with Crippen LogP contribution in [0.4, 0.5) is 0 Å². The van der Waals surface area contributed by atoms with Gasteiger partial charge in [0.2, 0.25) is 11.8 Å². The Hall–Kier alpha value is -2.82. The fourth-order valence-corrected chi connectivity index (χ4v) is 3.26. The molecular weight excluding hydrogens is 316 g/mol. The van der Waals surface area contributed by atoms with Gasteiger partial charge in [-0.15, -0.1) is 0 Å². The second kappa shape index (κ2) is 7.38. The Kier molecular flexibility index (Phi) is 5.03. The predicted octanol–water partition coefficient (Wildman–Crippen LogP) is 2.60. The number of hydrogen-bond acceptors (Lipinski definition) is 3. The quantitative estimate of drug-likeness (QED) is 0.849. The summed E-state index contributed by atoms with van der Waals surface area (Å²) in [4.78, 5) is 23.4. The number of amides is 2. The number of benzene rings is 2. The first-order valence-corrected chi connectivity index (χ1v) is 8.44. The van der Waals surface area contributed by atoms with Crippen LogP contribution in [0.25, 0.3) is 0 Å². The molecule has 0 aromatic heterocycles. The topological polar surface area (TPSA) is 81.4 Å². The molecule has 0 heterocycles. The van der Waals surface area contributed by atoms with Crippen molar-refractivity contribution < 1.29 is 14.3 Å². The minimum absolute atomic E-state index is 0.0420. The Balaban J connectivity index is 1.52. The van der Waals surface area contributed by atoms with Gasteiger partial charge < -0.3 is 15.8 Å². The molecule has 0 saturated heterocycles. The van der Waals surface area contributed by atoms with Crippen LogP contribution in [0.1, 0.15) is 40.9 Å². The summed E-state index contributed by atoms with van der Waals surface area (Å²) in [6, 6.07) is 14.9. The Morgan fingerprint density at radius 3 is 2.80 bits per heavy atom. The van der Waals surface area contributed by atoms with Crippen LogP contribution in [0.3, 0.4) is 0 Å². The maximum atomic E-state index is 12.3. The number of hydrogen-bond donors (Lipinski definition) is 2. The lowest BCUT2D eigenvalue weighted by Crippen LogP contribution is -2.31. The van der Waals surface area contributed by atoms with Gasteiger partial charge in [0.05, 0.1) is 19.1 Å². The Morgan fingerprint density at radius 2 is 2.00 bits per heavy atom. The number of carbonyl (C=O) groups excluding carboxylic acids is 2. The van der Waals surface area contributed by atoms with Gasteiger partial charge in [-0.05, 0) is 41.7 Å². The first-order chi connectivity index (χ1) is 12.0. The number of carbonyl (C=O) groups is 2. The molecule has 1 aliphatic carbocycles. The van der Waals surface area contributed by atoms with E-state index in [9.17, 15) is 9.59 Å². The van der Waals surface area contributed by atoms with E-state index in [1.807, 2.05) is 12.1 Å². The predicted molar refractivity (Wildman–Crippen MR) is 95.3 cm³/mol. The van der Waals surface area contributed by atoms with Crippen molar-refractivity contribution in [2.75, 3.05) is 6.61 Å². The Labute approximate surface area is 147 Å². The number of ether oxygens (including phenoxy) is 1. The third kappa shape index (κ3) is 3.99. The summed E-state index contributed by atoms with van der Waals surface area (Å²) < 4.78 is 5.56. The largest absolute Gasteiger partial charge is 0.493 e. The standard InChI is InChI=1S/C20H22N2O3/c1-13-11-14-5-2-3-8-17(14)19(13)22-18(23)9-10-25-16-7-4-6-15(12-16)20(21)24/h2-8,12-13,19H,9-11H2,1H3,(H2,21,24)(H,22,23)/t13-,19+/m0/s1. The fourth-order valence-electron chi connectivity index (χ4n) is 3.26. The van der Waals surface area contributed by atoms with E-state index in [1.165, 1.54) is 11.1 Å². The molecule has 2 amide bonds. The van der Waals surface area contributed by atoms with Gasteiger partial charge in [0.15, 0.2) is 0 Å². The van der Waals surface area contributed by atoms with E-state index in [-0.39, 0.29) is 25.0 Å². The molecular formula is C20H22N2O3. The summed E-state index contributed by atoms with van der Waals surface area (Å²) in [5.41, 5.74) is 8.14. The summed E-state index contributed by atoms with van der Waals surface area (Å²) in [6.07, 6.45) is 1.24. The highest BCUT2D eigenvalue weighted by Gasteiger charge is 2.29. The maximum absolute atomic E-state index is 12.3. The van der Waals surface area contributed by atoms with Crippen LogP contribution < -0.4 is 15.8 Å². The van der Waals surface area contributed by atoms with Crippen molar-refractivity contribution in [3.8, 4) is 5.75 Å². The molecule has 0 aliphatic heterocycles. The van der Waals surface area contributed by atoms with Gasteiger partial charge in [-0.2, -0.15) is 0 Å². The normalized spacial score (nSPS) is 18.4. The lowest BCUT2D eigenvalue weighted by molar-refractivity contribution is -0.122. The van der Waals surface area contributed by atoms with Crippen LogP contribution in [-0.4, -0.2) is 18.4 Å². The van der Waals surface area contributed by atoms with E-state index < -0.39 is 5.91 Å². The molecule has 0 radical (unpaired) electrons. The summed E-state index contributed by atoms with van der Waals surface area (Å²) in [5, 5.41) is 3.11. The number of nitrogens with one attached hydrogen (secondary N) is 1. The van der Waals surface area contributed by atoms with Crippen LogP contribution >= 0.6 is 0 Å². The minimum atomic E-state index is -0.503. The molecule has 0 unspecified atom stereocenters. The molecule has 3 rings (SSSR count). The van der Waals surface area contributed by atoms with E-state index in [0.717, 1.165) is 6.42 Å². The number of primary amides is 1. The SMILES string of the molecule is C[C@H]1Cc2ccccc2[C@@H]1NC(=O)CCOc1cccc(C(N)=O)c1. The van der Waals surface area contributed by atoms with Gasteiger partial charge in [0, 0.05) is 5.56 Å². The first-order valence-electron chi connectivity index (χ1n) is 8.44. The second-order valence-electron chi connectivity index (χ2n) is 6.42. The van der Waals surface area contributed by atoms with Crippen molar-refractivity contribution in [3.63, 3.8) is 0 Å². The summed E-state index contributed by atoms with van der Waals surface area (Å²) in [7, 11) is 0. The van der Waals surface area contributed by atoms with E-state index in [2.05, 4.69) is 24.4 Å². The molecule has 0 fully saturated rings. The van der Waals surface area contributed by atoms with Crippen LogP contribution in [0.15, 0.2) is 48.5 Å². The average Bonchev–Trinajstić information content (AvgIpc) is 2.91. The van der Waals surface area contributed by atoms with E-state index in [1.54, 1.807) is 24.3 Å². The molecule has 2 atom stereocenters. The molecule has 5 nitrogen and oxygen atoms in total. The molecule has 0 bridgehead atoms. The zero-order chi connectivity index (χ0) is 17.8. The Bertz CT molecular complexity index is 788. The molecule has 0 spiro atoms. The molecule has 2 aromatic rings. The van der Waals surface area contributed by atoms with Gasteiger partial charge in [-0.3, -0.25) is 9.59 Å². The van der Waals surface area contributed by atoms with Gasteiger partial charge in [0.1, 0.15) is 5.75 Å². The third-order valence-electron chi connectivity index (χ3n) is 4.53. The van der Waals surface area contributed by atoms with Gasteiger partial charge in [0.25, 0.3) is 0 Å². The Morgan fingerprint density at radius 1 is 1.20 bits per heavy atom. The summed E-state index contributed by atoms with van der Waals surface area (Å²) >= 11 is 0. The maximum Gasteiger partial charge on any atom is 0.248 e. The van der Waals surface area contributed by atoms with Crippen LogP contribution in [0.5, 0.6) is 5.75 Å². The smallest absolute Gasteiger partial charge is 0.248 e. The lowest BCUT2D eigenvalue weighted by Gasteiger charge is -2.19. The molecule has 1 aliphatic rings. The van der Waals surface area contributed by atoms with Gasteiger partial charge in [-0.25, -0.2) is 0 Å². The monoisotopic (exact) mass is 338 g/mol. The van der Waals surface area contributed by atoms with Gasteiger partial charge >= 0.3 is 0 Å². The number of rotatable bonds is 6. The van der Waals surface area contributed by atoms with Gasteiger partial charge in [-0.1, -0.05) is 37.3 Å². The average molecular weight is 338 g/mol. The zero-order valence-corrected chi connectivity index (χ0v) is 14.2. The highest BCUT2D eigenvalue weighted by Crippen LogP contribution is 2.35. The molecule has 5 heteroatoms. The minimum Gasteiger partial charge on any atom is -0.493 e. The first kappa shape index (κ1) is 17.0. The molecule has 0 saturated carbocycles. The van der Waals surface area contributed by atoms with Crippen molar-refractivity contribution in [2.45, 2.75) is 25.8 Å². The van der Waals surface area contributed by atoms with Crippen molar-refractivity contribution in [3.05, 3.63) is 65.2 Å². The molecule has 2 aromatic carbocycles. The van der Waals surface area contributed by atoms with Crippen LogP contribution in [-0.2, 0) is 11.2 Å². The number of nitrogens with two attached hydrogens (primary N) is 1. The van der Waals surface area contributed by atoms with E-state index in [4.69, 9.17) is 10.5 Å². The van der Waals surface area contributed by atoms with Crippen molar-refractivity contribution in [1.82, 2.24) is 5.32 Å². The summed E-state index contributed by atoms with van der Waals surface area (Å²) in [5.74, 6) is 0.370. The number of fused-ring (bicyclic) bond motifs is 1. The zero-order valence-electron chi connectivity index (χ0n) is 14.2.